The second-order valence-corrected chi connectivity index (χ2v) is 3.74. The lowest BCUT2D eigenvalue weighted by Gasteiger charge is -2.12. The first-order chi connectivity index (χ1) is 8.86. The van der Waals surface area contributed by atoms with Gasteiger partial charge in [0.2, 0.25) is 0 Å². The number of anilines is 1. The van der Waals surface area contributed by atoms with Crippen molar-refractivity contribution < 1.29 is 18.0 Å². The lowest BCUT2D eigenvalue weighted by Crippen LogP contribution is -2.18. The molecule has 4 nitrogen and oxygen atoms in total. The van der Waals surface area contributed by atoms with Gasteiger partial charge in [0.25, 0.3) is 5.91 Å². The largest absolute Gasteiger partial charge is 0.433 e. The number of carbonyl (C=O) groups excluding carboxylic acids is 1. The zero-order chi connectivity index (χ0) is 14.5. The molecule has 0 atom stereocenters. The molecule has 1 rings (SSSR count). The molecule has 0 aliphatic rings. The van der Waals surface area contributed by atoms with Crippen molar-refractivity contribution in [1.82, 2.24) is 4.98 Å². The topological polar surface area (TPSA) is 68.0 Å². The molecule has 7 heteroatoms. The van der Waals surface area contributed by atoms with Crippen LogP contribution < -0.4 is 11.1 Å². The molecule has 3 N–H and O–H groups in total. The summed E-state index contributed by atoms with van der Waals surface area (Å²) in [6.07, 6.45) is -0.302. The van der Waals surface area contributed by atoms with Crippen molar-refractivity contribution in [3.8, 4) is 0 Å². The molecule has 104 valence electrons. The van der Waals surface area contributed by atoms with E-state index < -0.39 is 17.8 Å². The van der Waals surface area contributed by atoms with Gasteiger partial charge >= 0.3 is 6.18 Å². The molecule has 1 amide bonds. The minimum absolute atomic E-state index is 0.0616. The van der Waals surface area contributed by atoms with Crippen molar-refractivity contribution in [2.45, 2.75) is 19.5 Å². The van der Waals surface area contributed by atoms with Crippen LogP contribution in [0, 0.1) is 0 Å². The van der Waals surface area contributed by atoms with Crippen LogP contribution in [0.25, 0.3) is 0 Å². The van der Waals surface area contributed by atoms with E-state index in [4.69, 9.17) is 5.73 Å². The smallest absolute Gasteiger partial charge is 0.369 e. The third-order valence-electron chi connectivity index (χ3n) is 2.29. The van der Waals surface area contributed by atoms with Gasteiger partial charge in [-0.3, -0.25) is 4.79 Å². The number of carbonyl (C=O) groups is 1. The number of halogens is 3. The number of nitrogens with two attached hydrogens (primary N) is 1. The zero-order valence-corrected chi connectivity index (χ0v) is 10.3. The van der Waals surface area contributed by atoms with Crippen LogP contribution in [0.1, 0.15) is 29.4 Å². The quantitative estimate of drug-likeness (QED) is 0.640. The van der Waals surface area contributed by atoms with Gasteiger partial charge < -0.3 is 11.1 Å². The molecule has 19 heavy (non-hydrogen) atoms. The lowest BCUT2D eigenvalue weighted by molar-refractivity contribution is -0.141. The van der Waals surface area contributed by atoms with Gasteiger partial charge in [-0.05, 0) is 25.5 Å². The van der Waals surface area contributed by atoms with Crippen molar-refractivity contribution in [1.29, 1.82) is 0 Å². The van der Waals surface area contributed by atoms with E-state index in [1.165, 1.54) is 0 Å². The molecule has 0 spiro atoms. The van der Waals surface area contributed by atoms with Crippen molar-refractivity contribution in [3.05, 3.63) is 35.5 Å². The van der Waals surface area contributed by atoms with E-state index in [0.29, 0.717) is 13.0 Å². The van der Waals surface area contributed by atoms with Gasteiger partial charge in [-0.2, -0.15) is 13.2 Å². The van der Waals surface area contributed by atoms with Gasteiger partial charge in [-0.25, -0.2) is 4.98 Å². The highest BCUT2D eigenvalue weighted by Crippen LogP contribution is 2.29. The first kappa shape index (κ1) is 15.0. The van der Waals surface area contributed by atoms with Gasteiger partial charge in [-0.15, -0.1) is 0 Å². The highest BCUT2D eigenvalue weighted by atomic mass is 19.4. The molecular weight excluding hydrogens is 259 g/mol. The van der Waals surface area contributed by atoms with Crippen LogP contribution in [0.2, 0.25) is 0 Å². The van der Waals surface area contributed by atoms with E-state index >= 15 is 0 Å². The second-order valence-electron chi connectivity index (χ2n) is 3.74. The predicted molar refractivity (Wildman–Crippen MR) is 65.7 cm³/mol. The number of alkyl halides is 3. The van der Waals surface area contributed by atoms with E-state index in [9.17, 15) is 18.0 Å². The number of hydrogen-bond acceptors (Lipinski definition) is 3. The fraction of sp³-hybridized carbons (Fsp3) is 0.333. The molecule has 0 radical (unpaired) electrons. The van der Waals surface area contributed by atoms with Crippen LogP contribution in [-0.2, 0) is 6.18 Å². The maximum Gasteiger partial charge on any atom is 0.433 e. The van der Waals surface area contributed by atoms with Crippen LogP contribution >= 0.6 is 0 Å². The van der Waals surface area contributed by atoms with Gasteiger partial charge in [-0.1, -0.05) is 12.2 Å². The number of hydrogen-bond donors (Lipinski definition) is 2. The maximum atomic E-state index is 12.5. The Balaban J connectivity index is 2.99. The molecule has 0 fully saturated rings. The van der Waals surface area contributed by atoms with E-state index in [2.05, 4.69) is 10.3 Å². The number of allylic oxidation sites excluding steroid dienone is 1. The summed E-state index contributed by atoms with van der Waals surface area (Å²) in [5.74, 6) is -0.971. The summed E-state index contributed by atoms with van der Waals surface area (Å²) in [6.45, 7) is 2.19. The number of pyridine rings is 1. The molecule has 0 aromatic carbocycles. The Morgan fingerprint density at radius 1 is 1.47 bits per heavy atom. The third-order valence-corrected chi connectivity index (χ3v) is 2.29. The van der Waals surface area contributed by atoms with Crippen molar-refractivity contribution in [2.75, 3.05) is 11.9 Å². The molecule has 0 aliphatic heterocycles. The van der Waals surface area contributed by atoms with Crippen LogP contribution in [0.5, 0.6) is 0 Å². The highest BCUT2D eigenvalue weighted by Gasteiger charge is 2.33. The van der Waals surface area contributed by atoms with E-state index in [1.807, 2.05) is 19.1 Å². The molecule has 1 aromatic rings. The Hall–Kier alpha value is -2.05. The van der Waals surface area contributed by atoms with E-state index in [1.54, 1.807) is 0 Å². The Morgan fingerprint density at radius 3 is 2.68 bits per heavy atom. The third kappa shape index (κ3) is 4.27. The Bertz CT molecular complexity index is 484. The highest BCUT2D eigenvalue weighted by molar-refractivity contribution is 5.97. The summed E-state index contributed by atoms with van der Waals surface area (Å²) in [5, 5.41) is 2.68. The number of rotatable bonds is 5. The molecule has 1 aromatic heterocycles. The number of nitrogens with zero attached hydrogens (tertiary/aromatic N) is 1. The second kappa shape index (κ2) is 6.21. The number of amides is 1. The number of primary amides is 1. The lowest BCUT2D eigenvalue weighted by atomic mass is 10.2. The normalized spacial score (nSPS) is 11.8. The van der Waals surface area contributed by atoms with Gasteiger partial charge in [0.15, 0.2) is 0 Å². The summed E-state index contributed by atoms with van der Waals surface area (Å²) in [5.41, 5.74) is 3.96. The predicted octanol–water partition coefficient (Wildman–Crippen LogP) is 2.58. The molecule has 0 saturated heterocycles. The summed E-state index contributed by atoms with van der Waals surface area (Å²) in [4.78, 5) is 14.5. The van der Waals surface area contributed by atoms with Crippen LogP contribution in [0.3, 0.4) is 0 Å². The fourth-order valence-corrected chi connectivity index (χ4v) is 1.39. The summed E-state index contributed by atoms with van der Waals surface area (Å²) in [7, 11) is 0. The molecule has 0 unspecified atom stereocenters. The van der Waals surface area contributed by atoms with E-state index in [-0.39, 0.29) is 11.4 Å². The summed E-state index contributed by atoms with van der Waals surface area (Å²) < 4.78 is 37.6. The maximum absolute atomic E-state index is 12.5. The summed E-state index contributed by atoms with van der Waals surface area (Å²) >= 11 is 0. The van der Waals surface area contributed by atoms with Gasteiger partial charge in [0.1, 0.15) is 11.5 Å². The molecule has 0 saturated carbocycles. The summed E-state index contributed by atoms with van der Waals surface area (Å²) in [6, 6.07) is 1.76. The molecule has 0 bridgehead atoms. The van der Waals surface area contributed by atoms with Crippen LogP contribution in [0.15, 0.2) is 24.3 Å². The Morgan fingerprint density at radius 2 is 2.16 bits per heavy atom. The van der Waals surface area contributed by atoms with E-state index in [0.717, 1.165) is 12.1 Å². The van der Waals surface area contributed by atoms with Gasteiger partial charge in [0.05, 0.1) is 5.56 Å². The Kier molecular flexibility index (Phi) is 4.91. The van der Waals surface area contributed by atoms with Crippen LogP contribution in [-0.4, -0.2) is 17.4 Å². The van der Waals surface area contributed by atoms with Crippen LogP contribution in [0.4, 0.5) is 19.0 Å². The first-order valence-electron chi connectivity index (χ1n) is 5.59. The van der Waals surface area contributed by atoms with Gasteiger partial charge in [0, 0.05) is 6.54 Å². The first-order valence-corrected chi connectivity index (χ1v) is 5.59. The Labute approximate surface area is 108 Å². The minimum Gasteiger partial charge on any atom is -0.369 e. The van der Waals surface area contributed by atoms with Crippen molar-refractivity contribution in [3.63, 3.8) is 0 Å². The SMILES string of the molecule is C/C=C/CCNc1nc(C(F)(F)F)ccc1C(N)=O. The monoisotopic (exact) mass is 273 g/mol. The number of aromatic nitrogens is 1. The van der Waals surface area contributed by atoms with Crippen molar-refractivity contribution >= 4 is 11.7 Å². The fourth-order valence-electron chi connectivity index (χ4n) is 1.39. The minimum atomic E-state index is -4.56. The average molecular weight is 273 g/mol. The zero-order valence-electron chi connectivity index (χ0n) is 10.3. The number of nitrogens with one attached hydrogen (secondary N) is 1. The molecule has 0 aliphatic carbocycles. The molecule has 1 heterocycles. The standard InChI is InChI=1S/C12H14F3N3O/c1-2-3-4-7-17-11-8(10(16)19)5-6-9(18-11)12(13,14)15/h2-3,5-6H,4,7H2,1H3,(H2,16,19)(H,17,18)/b3-2+. The molecular formula is C12H14F3N3O. The van der Waals surface area contributed by atoms with Crippen molar-refractivity contribution in [2.24, 2.45) is 5.73 Å². The average Bonchev–Trinajstić information content (AvgIpc) is 2.33.